The van der Waals surface area contributed by atoms with Crippen molar-refractivity contribution in [3.8, 4) is 5.75 Å². The third-order valence-electron chi connectivity index (χ3n) is 3.42. The van der Waals surface area contributed by atoms with Crippen LogP contribution < -0.4 is 10.1 Å². The Morgan fingerprint density at radius 3 is 2.74 bits per heavy atom. The van der Waals surface area contributed by atoms with Crippen LogP contribution >= 0.6 is 0 Å². The van der Waals surface area contributed by atoms with Gasteiger partial charge in [0.15, 0.2) is 0 Å². The second-order valence-electron chi connectivity index (χ2n) is 5.67. The largest absolute Gasteiger partial charge is 0.488 e. The Morgan fingerprint density at radius 1 is 1.39 bits per heavy atom. The molecule has 23 heavy (non-hydrogen) atoms. The average molecular weight is 328 g/mol. The van der Waals surface area contributed by atoms with Crippen LogP contribution in [0.5, 0.6) is 5.75 Å². The molecule has 5 nitrogen and oxygen atoms in total. The number of amides is 2. The van der Waals surface area contributed by atoms with Gasteiger partial charge in [0.2, 0.25) is 0 Å². The van der Waals surface area contributed by atoms with E-state index in [1.165, 1.54) is 0 Å². The van der Waals surface area contributed by atoms with Gasteiger partial charge in [-0.05, 0) is 31.5 Å². The zero-order valence-corrected chi connectivity index (χ0v) is 13.3. The van der Waals surface area contributed by atoms with Crippen LogP contribution in [-0.4, -0.2) is 49.3 Å². The highest BCUT2D eigenvalue weighted by Gasteiger charge is 2.25. The number of alkyl halides is 2. The topological polar surface area (TPSA) is 50.8 Å². The molecule has 1 aliphatic rings. The second-order valence-corrected chi connectivity index (χ2v) is 5.67. The van der Waals surface area contributed by atoms with E-state index in [0.717, 1.165) is 5.56 Å². The molecular formula is C16H22F2N2O3. The summed E-state index contributed by atoms with van der Waals surface area (Å²) in [7, 11) is 0. The van der Waals surface area contributed by atoms with Gasteiger partial charge in [-0.3, -0.25) is 0 Å². The molecule has 1 aromatic carbocycles. The molecule has 1 aromatic rings. The van der Waals surface area contributed by atoms with Crippen molar-refractivity contribution in [3.05, 3.63) is 29.8 Å². The Labute approximate surface area is 134 Å². The van der Waals surface area contributed by atoms with Crippen molar-refractivity contribution in [1.82, 2.24) is 10.2 Å². The van der Waals surface area contributed by atoms with Gasteiger partial charge in [-0.2, -0.15) is 0 Å². The predicted octanol–water partition coefficient (Wildman–Crippen LogP) is 2.65. The van der Waals surface area contributed by atoms with Gasteiger partial charge in [0.25, 0.3) is 6.43 Å². The fraction of sp³-hybridized carbons (Fsp3) is 0.562. The van der Waals surface area contributed by atoms with E-state index in [1.54, 1.807) is 29.2 Å². The number of nitrogens with zero attached hydrogens (tertiary/aromatic N) is 1. The van der Waals surface area contributed by atoms with Crippen molar-refractivity contribution in [3.63, 3.8) is 0 Å². The quantitative estimate of drug-likeness (QED) is 0.904. The van der Waals surface area contributed by atoms with Crippen LogP contribution in [0.25, 0.3) is 0 Å². The molecule has 2 rings (SSSR count). The number of carbonyl (C=O) groups excluding carboxylic acids is 1. The summed E-state index contributed by atoms with van der Waals surface area (Å²) < 4.78 is 34.9. The molecule has 0 bridgehead atoms. The van der Waals surface area contributed by atoms with E-state index < -0.39 is 13.0 Å². The minimum Gasteiger partial charge on any atom is -0.488 e. The maximum Gasteiger partial charge on any atom is 0.317 e. The van der Waals surface area contributed by atoms with E-state index in [4.69, 9.17) is 9.47 Å². The highest BCUT2D eigenvalue weighted by atomic mass is 19.3. The Morgan fingerprint density at radius 2 is 2.09 bits per heavy atom. The minimum atomic E-state index is -2.51. The van der Waals surface area contributed by atoms with E-state index in [1.807, 2.05) is 13.8 Å². The maximum atomic E-state index is 12.2. The van der Waals surface area contributed by atoms with Crippen LogP contribution in [0.1, 0.15) is 19.4 Å². The summed E-state index contributed by atoms with van der Waals surface area (Å²) in [6.45, 7) is 4.63. The Balaban J connectivity index is 1.85. The summed E-state index contributed by atoms with van der Waals surface area (Å²) in [6, 6.07) is 6.61. The van der Waals surface area contributed by atoms with E-state index in [9.17, 15) is 13.6 Å². The second kappa shape index (κ2) is 8.10. The lowest BCUT2D eigenvalue weighted by Crippen LogP contribution is -2.51. The van der Waals surface area contributed by atoms with Gasteiger partial charge in [0, 0.05) is 19.6 Å². The summed E-state index contributed by atoms with van der Waals surface area (Å²) in [6.07, 6.45) is -2.49. The molecule has 128 valence electrons. The zero-order chi connectivity index (χ0) is 16.8. The molecule has 0 radical (unpaired) electrons. The number of ether oxygens (including phenoxy) is 2. The molecule has 1 heterocycles. The number of benzene rings is 1. The number of hydrogen-bond donors (Lipinski definition) is 1. The SMILES string of the molecule is C[C@@H]1CN(C(=O)NCc2cccc(OCC(F)F)c2)C[C@@H](C)O1. The number of hydrogen-bond acceptors (Lipinski definition) is 3. The van der Waals surface area contributed by atoms with Crippen LogP contribution in [-0.2, 0) is 11.3 Å². The summed E-state index contributed by atoms with van der Waals surface area (Å²) in [4.78, 5) is 13.9. The van der Waals surface area contributed by atoms with Gasteiger partial charge in [-0.15, -0.1) is 0 Å². The number of rotatable bonds is 5. The zero-order valence-electron chi connectivity index (χ0n) is 13.3. The van der Waals surface area contributed by atoms with Crippen molar-refractivity contribution in [2.24, 2.45) is 0 Å². The molecule has 0 aliphatic carbocycles. The lowest BCUT2D eigenvalue weighted by atomic mass is 10.2. The Bertz CT molecular complexity index is 518. The monoisotopic (exact) mass is 328 g/mol. The lowest BCUT2D eigenvalue weighted by Gasteiger charge is -2.35. The van der Waals surface area contributed by atoms with Gasteiger partial charge >= 0.3 is 6.03 Å². The standard InChI is InChI=1S/C16H22F2N2O3/c1-11-8-20(9-12(2)23-11)16(21)19-7-13-4-3-5-14(6-13)22-10-15(17)18/h3-6,11-12,15H,7-10H2,1-2H3,(H,19,21)/t11-,12-/m1/s1. The van der Waals surface area contributed by atoms with Gasteiger partial charge in [-0.25, -0.2) is 13.6 Å². The molecule has 7 heteroatoms. The Hall–Kier alpha value is -1.89. The lowest BCUT2D eigenvalue weighted by molar-refractivity contribution is -0.0545. The van der Waals surface area contributed by atoms with Crippen LogP contribution in [0.2, 0.25) is 0 Å². The van der Waals surface area contributed by atoms with E-state index in [-0.39, 0.29) is 18.2 Å². The summed E-state index contributed by atoms with van der Waals surface area (Å²) in [5.74, 6) is 0.366. The van der Waals surface area contributed by atoms with Crippen molar-refractivity contribution in [2.45, 2.75) is 39.0 Å². The first kappa shape index (κ1) is 17.5. The highest BCUT2D eigenvalue weighted by molar-refractivity contribution is 5.74. The van der Waals surface area contributed by atoms with Gasteiger partial charge < -0.3 is 19.7 Å². The molecule has 1 N–H and O–H groups in total. The van der Waals surface area contributed by atoms with Gasteiger partial charge in [0.05, 0.1) is 12.2 Å². The van der Waals surface area contributed by atoms with Gasteiger partial charge in [0.1, 0.15) is 12.4 Å². The first-order chi connectivity index (χ1) is 10.9. The number of halogens is 2. The Kier molecular flexibility index (Phi) is 6.15. The molecule has 0 aromatic heterocycles. The fourth-order valence-electron chi connectivity index (χ4n) is 2.54. The number of nitrogens with one attached hydrogen (secondary N) is 1. The molecule has 0 spiro atoms. The number of carbonyl (C=O) groups is 1. The predicted molar refractivity (Wildman–Crippen MR) is 81.8 cm³/mol. The van der Waals surface area contributed by atoms with Crippen molar-refractivity contribution >= 4 is 6.03 Å². The van der Waals surface area contributed by atoms with Gasteiger partial charge in [-0.1, -0.05) is 12.1 Å². The molecule has 0 unspecified atom stereocenters. The van der Waals surface area contributed by atoms with Crippen LogP contribution in [0.15, 0.2) is 24.3 Å². The molecule has 2 atom stereocenters. The summed E-state index contributed by atoms with van der Waals surface area (Å²) >= 11 is 0. The first-order valence-electron chi connectivity index (χ1n) is 7.62. The summed E-state index contributed by atoms with van der Waals surface area (Å²) in [5, 5.41) is 2.83. The third-order valence-corrected chi connectivity index (χ3v) is 3.42. The molecule has 0 saturated carbocycles. The molecular weight excluding hydrogens is 306 g/mol. The van der Waals surface area contributed by atoms with Crippen LogP contribution in [0, 0.1) is 0 Å². The molecule has 1 aliphatic heterocycles. The average Bonchev–Trinajstić information content (AvgIpc) is 2.50. The van der Waals surface area contributed by atoms with Crippen LogP contribution in [0.4, 0.5) is 13.6 Å². The molecule has 1 saturated heterocycles. The minimum absolute atomic E-state index is 0.00979. The smallest absolute Gasteiger partial charge is 0.317 e. The van der Waals surface area contributed by atoms with Crippen molar-refractivity contribution in [2.75, 3.05) is 19.7 Å². The molecule has 2 amide bonds. The number of urea groups is 1. The van der Waals surface area contributed by atoms with Crippen molar-refractivity contribution in [1.29, 1.82) is 0 Å². The normalized spacial score (nSPS) is 21.3. The fourth-order valence-corrected chi connectivity index (χ4v) is 2.54. The highest BCUT2D eigenvalue weighted by Crippen LogP contribution is 2.15. The maximum absolute atomic E-state index is 12.2. The summed E-state index contributed by atoms with van der Waals surface area (Å²) in [5.41, 5.74) is 0.791. The van der Waals surface area contributed by atoms with Crippen molar-refractivity contribution < 1.29 is 23.0 Å². The van der Waals surface area contributed by atoms with Crippen LogP contribution in [0.3, 0.4) is 0 Å². The number of morpholine rings is 1. The molecule has 1 fully saturated rings. The third kappa shape index (κ3) is 5.67. The first-order valence-corrected chi connectivity index (χ1v) is 7.62. The van der Waals surface area contributed by atoms with E-state index in [0.29, 0.717) is 25.4 Å². The van der Waals surface area contributed by atoms with E-state index in [2.05, 4.69) is 5.32 Å². The van der Waals surface area contributed by atoms with E-state index >= 15 is 0 Å².